The number of fused-ring (bicyclic) bond motifs is 14. The molecular formula is C48H27N3OS. The van der Waals surface area contributed by atoms with Crippen molar-refractivity contribution in [3.8, 4) is 28.3 Å². The molecular weight excluding hydrogens is 667 g/mol. The molecule has 5 heteroatoms. The highest BCUT2D eigenvalue weighted by Gasteiger charge is 2.24. The highest BCUT2D eigenvalue weighted by molar-refractivity contribution is 7.27. The Hall–Kier alpha value is -6.82. The Morgan fingerprint density at radius 1 is 0.491 bits per heavy atom. The van der Waals surface area contributed by atoms with Crippen LogP contribution in [-0.4, -0.2) is 14.5 Å². The Bertz CT molecular complexity index is 3460. The van der Waals surface area contributed by atoms with Crippen LogP contribution in [0.5, 0.6) is 0 Å². The normalized spacial score (nSPS) is 12.2. The van der Waals surface area contributed by atoms with Gasteiger partial charge in [0.1, 0.15) is 11.2 Å². The SMILES string of the molecule is c1ccc(-c2ccc3c(c2)sc2c3c3ccccc3c3c4ccccc4n(-c4nc(-c5cccc6c5oc5ccccc56)c5ccccc5n4)c23)cc1. The summed E-state index contributed by atoms with van der Waals surface area (Å²) in [5.41, 5.74) is 9.01. The van der Waals surface area contributed by atoms with Crippen molar-refractivity contribution in [3.63, 3.8) is 0 Å². The van der Waals surface area contributed by atoms with Gasteiger partial charge in [0.15, 0.2) is 0 Å². The molecule has 4 heterocycles. The maximum atomic E-state index is 6.57. The minimum Gasteiger partial charge on any atom is -0.455 e. The molecule has 53 heavy (non-hydrogen) atoms. The van der Waals surface area contributed by atoms with E-state index in [1.165, 1.54) is 52.8 Å². The van der Waals surface area contributed by atoms with Gasteiger partial charge >= 0.3 is 0 Å². The first kappa shape index (κ1) is 28.8. The number of furan rings is 1. The van der Waals surface area contributed by atoms with Crippen molar-refractivity contribution in [2.45, 2.75) is 0 Å². The number of thiophene rings is 1. The number of hydrogen-bond acceptors (Lipinski definition) is 4. The van der Waals surface area contributed by atoms with E-state index in [0.717, 1.165) is 55.1 Å². The smallest absolute Gasteiger partial charge is 0.235 e. The van der Waals surface area contributed by atoms with Crippen molar-refractivity contribution >= 4 is 96.9 Å². The van der Waals surface area contributed by atoms with Gasteiger partial charge in [0.2, 0.25) is 5.95 Å². The summed E-state index contributed by atoms with van der Waals surface area (Å²) in [5.74, 6) is 0.636. The molecule has 0 N–H and O–H groups in total. The molecule has 0 unspecified atom stereocenters. The lowest BCUT2D eigenvalue weighted by atomic mass is 9.98. The van der Waals surface area contributed by atoms with Crippen LogP contribution < -0.4 is 0 Å². The van der Waals surface area contributed by atoms with Gasteiger partial charge in [-0.25, -0.2) is 9.97 Å². The average Bonchev–Trinajstić information content (AvgIpc) is 3.91. The van der Waals surface area contributed by atoms with Gasteiger partial charge in [0.25, 0.3) is 0 Å². The van der Waals surface area contributed by atoms with E-state index in [9.17, 15) is 0 Å². The van der Waals surface area contributed by atoms with Crippen molar-refractivity contribution in [2.75, 3.05) is 0 Å². The van der Waals surface area contributed by atoms with E-state index in [-0.39, 0.29) is 0 Å². The van der Waals surface area contributed by atoms with Crippen molar-refractivity contribution in [1.82, 2.24) is 14.5 Å². The third kappa shape index (κ3) is 4.05. The molecule has 0 saturated carbocycles. The average molecular weight is 694 g/mol. The summed E-state index contributed by atoms with van der Waals surface area (Å²) in [7, 11) is 0. The van der Waals surface area contributed by atoms with Crippen molar-refractivity contribution in [1.29, 1.82) is 0 Å². The summed E-state index contributed by atoms with van der Waals surface area (Å²) < 4.78 is 11.4. The second kappa shape index (κ2) is 10.8. The van der Waals surface area contributed by atoms with Crippen LogP contribution in [0.1, 0.15) is 0 Å². The summed E-state index contributed by atoms with van der Waals surface area (Å²) in [6, 6.07) is 58.0. The zero-order valence-corrected chi connectivity index (χ0v) is 29.1. The predicted molar refractivity (Wildman–Crippen MR) is 222 cm³/mol. The van der Waals surface area contributed by atoms with Gasteiger partial charge in [-0.1, -0.05) is 133 Å². The summed E-state index contributed by atoms with van der Waals surface area (Å²) in [5, 5.41) is 10.6. The minimum absolute atomic E-state index is 0.636. The Labute approximate surface area is 306 Å². The fourth-order valence-corrected chi connectivity index (χ4v) is 9.80. The van der Waals surface area contributed by atoms with Gasteiger partial charge in [0.05, 0.1) is 26.9 Å². The molecule has 246 valence electrons. The van der Waals surface area contributed by atoms with Crippen LogP contribution in [0.2, 0.25) is 0 Å². The number of nitrogens with zero attached hydrogens (tertiary/aromatic N) is 3. The van der Waals surface area contributed by atoms with Crippen LogP contribution in [0.4, 0.5) is 0 Å². The fraction of sp³-hybridized carbons (Fsp3) is 0. The van der Waals surface area contributed by atoms with Crippen molar-refractivity contribution in [3.05, 3.63) is 164 Å². The molecule has 0 aliphatic rings. The van der Waals surface area contributed by atoms with Crippen LogP contribution >= 0.6 is 11.3 Å². The maximum absolute atomic E-state index is 6.57. The number of rotatable bonds is 3. The van der Waals surface area contributed by atoms with Crippen LogP contribution in [0.3, 0.4) is 0 Å². The molecule has 4 nitrogen and oxygen atoms in total. The molecule has 0 aliphatic heterocycles. The van der Waals surface area contributed by atoms with Gasteiger partial charge in [-0.2, -0.15) is 0 Å². The second-order valence-electron chi connectivity index (χ2n) is 13.7. The Balaban J connectivity index is 1.23. The first-order chi connectivity index (χ1) is 26.3. The summed E-state index contributed by atoms with van der Waals surface area (Å²) in [4.78, 5) is 10.9. The fourth-order valence-electron chi connectivity index (χ4n) is 8.50. The highest BCUT2D eigenvalue weighted by atomic mass is 32.1. The van der Waals surface area contributed by atoms with E-state index in [2.05, 4.69) is 156 Å². The van der Waals surface area contributed by atoms with Gasteiger partial charge in [-0.15, -0.1) is 11.3 Å². The van der Waals surface area contributed by atoms with Gasteiger partial charge in [-0.3, -0.25) is 4.57 Å². The predicted octanol–water partition coefficient (Wildman–Crippen LogP) is 13.5. The largest absolute Gasteiger partial charge is 0.455 e. The number of hydrogen-bond donors (Lipinski definition) is 0. The molecule has 0 aliphatic carbocycles. The second-order valence-corrected chi connectivity index (χ2v) is 14.7. The standard InChI is InChI=1S/C48H27N3OS/c1-2-13-28(14-3-1)29-25-26-36-41(27-29)53-47-43(36)32-17-5-4-16-31(32)42-35-19-7-10-23-39(35)51(45(42)47)48-49-38-22-9-6-18-34(38)44(50-48)37-21-12-20-33-30-15-8-11-24-40(30)52-46(33)37/h1-27H. The molecule has 0 saturated heterocycles. The molecule has 4 aromatic heterocycles. The number of aromatic nitrogens is 3. The van der Waals surface area contributed by atoms with Gasteiger partial charge < -0.3 is 4.42 Å². The first-order valence-electron chi connectivity index (χ1n) is 17.8. The van der Waals surface area contributed by atoms with E-state index < -0.39 is 0 Å². The number of benzene rings is 8. The third-order valence-electron chi connectivity index (χ3n) is 10.8. The molecule has 0 radical (unpaired) electrons. The molecule has 0 bridgehead atoms. The number of para-hydroxylation sites is 4. The zero-order valence-electron chi connectivity index (χ0n) is 28.2. The molecule has 0 atom stereocenters. The first-order valence-corrected chi connectivity index (χ1v) is 18.7. The van der Waals surface area contributed by atoms with Crippen LogP contribution in [0, 0.1) is 0 Å². The lowest BCUT2D eigenvalue weighted by molar-refractivity contribution is 0.670. The summed E-state index contributed by atoms with van der Waals surface area (Å²) >= 11 is 1.86. The van der Waals surface area contributed by atoms with Gasteiger partial charge in [0, 0.05) is 48.0 Å². The van der Waals surface area contributed by atoms with Crippen LogP contribution in [0.25, 0.3) is 114 Å². The van der Waals surface area contributed by atoms with E-state index >= 15 is 0 Å². The molecule has 8 aromatic carbocycles. The topological polar surface area (TPSA) is 43.9 Å². The molecule has 0 spiro atoms. The molecule has 0 amide bonds. The molecule has 0 fully saturated rings. The Kier molecular flexibility index (Phi) is 5.90. The lowest BCUT2D eigenvalue weighted by Gasteiger charge is -2.13. The maximum Gasteiger partial charge on any atom is 0.235 e. The molecule has 12 aromatic rings. The van der Waals surface area contributed by atoms with E-state index in [1.807, 2.05) is 23.5 Å². The third-order valence-corrected chi connectivity index (χ3v) is 12.0. The van der Waals surface area contributed by atoms with Crippen LogP contribution in [0.15, 0.2) is 168 Å². The highest BCUT2D eigenvalue weighted by Crippen LogP contribution is 2.48. The van der Waals surface area contributed by atoms with Crippen molar-refractivity contribution < 1.29 is 4.42 Å². The molecule has 12 rings (SSSR count). The van der Waals surface area contributed by atoms with E-state index in [0.29, 0.717) is 5.95 Å². The lowest BCUT2D eigenvalue weighted by Crippen LogP contribution is -2.03. The van der Waals surface area contributed by atoms with E-state index in [4.69, 9.17) is 14.4 Å². The summed E-state index contributed by atoms with van der Waals surface area (Å²) in [6.07, 6.45) is 0. The quantitative estimate of drug-likeness (QED) is 0.185. The van der Waals surface area contributed by atoms with Gasteiger partial charge in [-0.05, 0) is 52.2 Å². The monoisotopic (exact) mass is 693 g/mol. The summed E-state index contributed by atoms with van der Waals surface area (Å²) in [6.45, 7) is 0. The zero-order chi connectivity index (χ0) is 34.6. The minimum atomic E-state index is 0.636. The Morgan fingerprint density at radius 2 is 1.19 bits per heavy atom. The van der Waals surface area contributed by atoms with Crippen LogP contribution in [-0.2, 0) is 0 Å². The Morgan fingerprint density at radius 3 is 2.06 bits per heavy atom. The van der Waals surface area contributed by atoms with E-state index in [1.54, 1.807) is 0 Å². The van der Waals surface area contributed by atoms with Crippen molar-refractivity contribution in [2.24, 2.45) is 0 Å².